The number of aromatic nitrogens is 4. The van der Waals surface area contributed by atoms with Crippen molar-refractivity contribution >= 4 is 23.1 Å². The Morgan fingerprint density at radius 3 is 2.87 bits per heavy atom. The fourth-order valence-electron chi connectivity index (χ4n) is 4.36. The van der Waals surface area contributed by atoms with Crippen LogP contribution in [0.15, 0.2) is 36.8 Å². The average Bonchev–Trinajstić information content (AvgIpc) is 3.41. The Balaban J connectivity index is 1.54. The van der Waals surface area contributed by atoms with Gasteiger partial charge in [0.1, 0.15) is 17.9 Å². The first-order chi connectivity index (χ1) is 15.1. The van der Waals surface area contributed by atoms with Crippen molar-refractivity contribution in [1.29, 1.82) is 0 Å². The molecule has 0 unspecified atom stereocenters. The van der Waals surface area contributed by atoms with Crippen molar-refractivity contribution in [3.8, 4) is 22.6 Å². The molecule has 1 N–H and O–H groups in total. The lowest BCUT2D eigenvalue weighted by atomic mass is 9.96. The van der Waals surface area contributed by atoms with Gasteiger partial charge in [0.25, 0.3) is 0 Å². The van der Waals surface area contributed by atoms with Crippen molar-refractivity contribution in [3.05, 3.63) is 64.5 Å². The number of nitrogens with one attached hydrogen (secondary N) is 1. The van der Waals surface area contributed by atoms with E-state index in [-0.39, 0.29) is 18.3 Å². The minimum Gasteiger partial charge on any atom is -0.493 e. The second-order valence-corrected chi connectivity index (χ2v) is 8.13. The van der Waals surface area contributed by atoms with Crippen molar-refractivity contribution in [2.24, 2.45) is 0 Å². The molecule has 9 heteroatoms. The summed E-state index contributed by atoms with van der Waals surface area (Å²) in [7, 11) is 0. The molecule has 2 aliphatic rings. The molecule has 0 aliphatic carbocycles. The summed E-state index contributed by atoms with van der Waals surface area (Å²) in [5.74, 6) is 1.68. The minimum absolute atomic E-state index is 0.0527. The number of aryl methyl sites for hydroxylation is 1. The van der Waals surface area contributed by atoms with Crippen molar-refractivity contribution in [3.63, 3.8) is 0 Å². The van der Waals surface area contributed by atoms with Gasteiger partial charge in [0, 0.05) is 40.7 Å². The summed E-state index contributed by atoms with van der Waals surface area (Å²) >= 11 is 6.22. The number of ether oxygens (including phenoxy) is 2. The standard InChI is InChI=1S/C22H17ClFN5O2/c1-11-14(4-13(23)6-25-11)15-5-19-22(29-10-27-28-21(15)29)26-7-16-17(24)2-3-18-20(16)12(8-30-18)9-31-19/h2-6,10,12,26H,7-9H2,1H3/t12-/m0/s1. The quantitative estimate of drug-likeness (QED) is 0.476. The zero-order valence-electron chi connectivity index (χ0n) is 16.5. The fourth-order valence-corrected chi connectivity index (χ4v) is 4.52. The average molecular weight is 438 g/mol. The molecule has 0 radical (unpaired) electrons. The molecule has 2 aliphatic heterocycles. The zero-order valence-corrected chi connectivity index (χ0v) is 17.3. The maximum Gasteiger partial charge on any atom is 0.170 e. The van der Waals surface area contributed by atoms with E-state index in [1.807, 2.05) is 23.5 Å². The number of rotatable bonds is 1. The Hall–Kier alpha value is -3.39. The first-order valence-corrected chi connectivity index (χ1v) is 10.3. The van der Waals surface area contributed by atoms with E-state index >= 15 is 0 Å². The number of hydrogen-bond acceptors (Lipinski definition) is 6. The van der Waals surface area contributed by atoms with Crippen LogP contribution in [-0.4, -0.2) is 32.8 Å². The first kappa shape index (κ1) is 18.4. The molecule has 0 amide bonds. The molecule has 7 nitrogen and oxygen atoms in total. The van der Waals surface area contributed by atoms with Crippen molar-refractivity contribution < 1.29 is 13.9 Å². The highest BCUT2D eigenvalue weighted by atomic mass is 35.5. The van der Waals surface area contributed by atoms with E-state index in [1.165, 1.54) is 6.07 Å². The maximum absolute atomic E-state index is 14.7. The largest absolute Gasteiger partial charge is 0.493 e. The Kier molecular flexibility index (Phi) is 4.04. The number of nitrogens with zero attached hydrogens (tertiary/aromatic N) is 4. The molecular weight excluding hydrogens is 421 g/mol. The Morgan fingerprint density at radius 1 is 1.16 bits per heavy atom. The highest BCUT2D eigenvalue weighted by Gasteiger charge is 2.31. The van der Waals surface area contributed by atoms with Crippen LogP contribution in [0.25, 0.3) is 16.8 Å². The van der Waals surface area contributed by atoms with Gasteiger partial charge in [-0.2, -0.15) is 0 Å². The predicted molar refractivity (Wildman–Crippen MR) is 113 cm³/mol. The Morgan fingerprint density at radius 2 is 2.00 bits per heavy atom. The van der Waals surface area contributed by atoms with Gasteiger partial charge in [-0.15, -0.1) is 10.2 Å². The van der Waals surface area contributed by atoms with Gasteiger partial charge in [-0.3, -0.25) is 9.38 Å². The molecule has 5 heterocycles. The predicted octanol–water partition coefficient (Wildman–Crippen LogP) is 4.37. The van der Waals surface area contributed by atoms with Crippen LogP contribution < -0.4 is 14.8 Å². The van der Waals surface area contributed by atoms with Crippen LogP contribution in [-0.2, 0) is 6.54 Å². The molecule has 3 aromatic heterocycles. The zero-order chi connectivity index (χ0) is 21.1. The smallest absolute Gasteiger partial charge is 0.170 e. The topological polar surface area (TPSA) is 73.6 Å². The van der Waals surface area contributed by atoms with Crippen LogP contribution in [0.5, 0.6) is 11.5 Å². The number of benzene rings is 1. The molecule has 1 aromatic carbocycles. The molecule has 0 saturated heterocycles. The Bertz CT molecular complexity index is 1360. The van der Waals surface area contributed by atoms with Gasteiger partial charge in [-0.05, 0) is 31.2 Å². The van der Waals surface area contributed by atoms with Crippen LogP contribution in [0, 0.1) is 12.7 Å². The minimum atomic E-state index is -0.262. The lowest BCUT2D eigenvalue weighted by Crippen LogP contribution is -2.13. The maximum atomic E-state index is 14.7. The molecule has 6 rings (SSSR count). The highest BCUT2D eigenvalue weighted by molar-refractivity contribution is 6.30. The third kappa shape index (κ3) is 2.82. The van der Waals surface area contributed by atoms with Crippen LogP contribution in [0.1, 0.15) is 22.7 Å². The summed E-state index contributed by atoms with van der Waals surface area (Å²) in [6.45, 7) is 3.02. The van der Waals surface area contributed by atoms with E-state index in [1.54, 1.807) is 18.6 Å². The molecule has 0 fully saturated rings. The SMILES string of the molecule is Cc1ncc(Cl)cc1-c1cc2c(n3cnnc13)NCc1c(F)ccc3c1[C@@H](CO3)CO2. The lowest BCUT2D eigenvalue weighted by Gasteiger charge is -2.17. The van der Waals surface area contributed by atoms with E-state index in [0.29, 0.717) is 46.8 Å². The van der Waals surface area contributed by atoms with E-state index in [0.717, 1.165) is 22.4 Å². The van der Waals surface area contributed by atoms with Gasteiger partial charge in [-0.25, -0.2) is 4.39 Å². The van der Waals surface area contributed by atoms with Gasteiger partial charge in [-0.1, -0.05) is 11.6 Å². The molecule has 31 heavy (non-hydrogen) atoms. The van der Waals surface area contributed by atoms with Crippen molar-refractivity contribution in [2.45, 2.75) is 19.4 Å². The molecule has 0 spiro atoms. The number of anilines is 1. The summed E-state index contributed by atoms with van der Waals surface area (Å²) in [4.78, 5) is 4.37. The second-order valence-electron chi connectivity index (χ2n) is 7.69. The van der Waals surface area contributed by atoms with Crippen LogP contribution in [0.2, 0.25) is 5.02 Å². The third-order valence-corrected chi connectivity index (χ3v) is 6.07. The van der Waals surface area contributed by atoms with Gasteiger partial charge < -0.3 is 14.8 Å². The van der Waals surface area contributed by atoms with Crippen LogP contribution in [0.4, 0.5) is 10.2 Å². The van der Waals surface area contributed by atoms with E-state index in [9.17, 15) is 4.39 Å². The van der Waals surface area contributed by atoms with Crippen LogP contribution in [0.3, 0.4) is 0 Å². The van der Waals surface area contributed by atoms with Gasteiger partial charge >= 0.3 is 0 Å². The van der Waals surface area contributed by atoms with E-state index in [2.05, 4.69) is 20.5 Å². The molecule has 0 bridgehead atoms. The number of fused-ring (bicyclic) bond motifs is 3. The molecule has 1 atom stereocenters. The number of pyridine rings is 2. The summed E-state index contributed by atoms with van der Waals surface area (Å²) in [5.41, 5.74) is 4.55. The van der Waals surface area contributed by atoms with Gasteiger partial charge in [0.2, 0.25) is 0 Å². The lowest BCUT2D eigenvalue weighted by molar-refractivity contribution is 0.249. The number of hydrogen-bond donors (Lipinski definition) is 1. The van der Waals surface area contributed by atoms with E-state index in [4.69, 9.17) is 21.1 Å². The summed E-state index contributed by atoms with van der Waals surface area (Å²) in [6, 6.07) is 6.90. The van der Waals surface area contributed by atoms with Gasteiger partial charge in [0.15, 0.2) is 17.2 Å². The highest BCUT2D eigenvalue weighted by Crippen LogP contribution is 2.42. The molecule has 0 saturated carbocycles. The monoisotopic (exact) mass is 437 g/mol. The summed E-state index contributed by atoms with van der Waals surface area (Å²) < 4.78 is 28.6. The second kappa shape index (κ2) is 6.81. The van der Waals surface area contributed by atoms with Crippen LogP contribution >= 0.6 is 11.6 Å². The van der Waals surface area contributed by atoms with Crippen molar-refractivity contribution in [2.75, 3.05) is 18.5 Å². The normalized spacial score (nSPS) is 16.9. The van der Waals surface area contributed by atoms with E-state index < -0.39 is 0 Å². The number of halogens is 2. The first-order valence-electron chi connectivity index (χ1n) is 9.90. The Labute approximate surface area is 181 Å². The molecule has 156 valence electrons. The molecular formula is C22H17ClFN5O2. The molecule has 4 aromatic rings. The van der Waals surface area contributed by atoms with Crippen molar-refractivity contribution in [1.82, 2.24) is 19.6 Å². The summed E-state index contributed by atoms with van der Waals surface area (Å²) in [6.07, 6.45) is 3.22. The summed E-state index contributed by atoms with van der Waals surface area (Å²) in [5, 5.41) is 12.3. The van der Waals surface area contributed by atoms with Gasteiger partial charge in [0.05, 0.1) is 24.2 Å². The third-order valence-electron chi connectivity index (χ3n) is 5.86. The fraction of sp³-hybridized carbons (Fsp3) is 0.227.